The maximum atomic E-state index is 12.2. The van der Waals surface area contributed by atoms with Gasteiger partial charge in [0.2, 0.25) is 5.88 Å². The fourth-order valence-electron chi connectivity index (χ4n) is 1.98. The van der Waals surface area contributed by atoms with Crippen molar-refractivity contribution in [1.82, 2.24) is 4.98 Å². The molecule has 0 aliphatic heterocycles. The van der Waals surface area contributed by atoms with Crippen LogP contribution < -0.4 is 4.74 Å². The zero-order valence-corrected chi connectivity index (χ0v) is 12.1. The molecule has 1 aromatic heterocycles. The van der Waals surface area contributed by atoms with Gasteiger partial charge in [0.15, 0.2) is 5.78 Å². The van der Waals surface area contributed by atoms with Gasteiger partial charge in [0, 0.05) is 24.2 Å². The van der Waals surface area contributed by atoms with Gasteiger partial charge < -0.3 is 4.74 Å². The summed E-state index contributed by atoms with van der Waals surface area (Å²) in [5.41, 5.74) is 2.88. The first-order valence-corrected chi connectivity index (χ1v) is 6.72. The molecule has 3 nitrogen and oxygen atoms in total. The Labute approximate surface area is 119 Å². The molecule has 3 heteroatoms. The number of aromatic nitrogens is 1. The molecule has 104 valence electrons. The van der Waals surface area contributed by atoms with E-state index in [0.29, 0.717) is 18.2 Å². The minimum absolute atomic E-state index is 0.104. The van der Waals surface area contributed by atoms with Gasteiger partial charge in [-0.2, -0.15) is 0 Å². The van der Waals surface area contributed by atoms with Crippen molar-refractivity contribution in [3.8, 4) is 5.88 Å². The number of ketones is 1. The van der Waals surface area contributed by atoms with Gasteiger partial charge >= 0.3 is 0 Å². The number of nitrogens with zero attached hydrogens (tertiary/aromatic N) is 1. The predicted octanol–water partition coefficient (Wildman–Crippen LogP) is 3.64. The van der Waals surface area contributed by atoms with Crippen LogP contribution in [0.15, 0.2) is 42.6 Å². The van der Waals surface area contributed by atoms with E-state index in [1.54, 1.807) is 19.4 Å². The van der Waals surface area contributed by atoms with Crippen LogP contribution in [0.3, 0.4) is 0 Å². The molecule has 20 heavy (non-hydrogen) atoms. The van der Waals surface area contributed by atoms with Crippen LogP contribution in [0.5, 0.6) is 5.88 Å². The van der Waals surface area contributed by atoms with Crippen LogP contribution in [0.4, 0.5) is 0 Å². The molecule has 0 N–H and O–H groups in total. The Kier molecular flexibility index (Phi) is 4.51. The van der Waals surface area contributed by atoms with E-state index in [1.165, 1.54) is 5.56 Å². The van der Waals surface area contributed by atoms with Crippen molar-refractivity contribution in [2.45, 2.75) is 26.2 Å². The third-order valence-corrected chi connectivity index (χ3v) is 3.27. The monoisotopic (exact) mass is 269 g/mol. The van der Waals surface area contributed by atoms with E-state index in [1.807, 2.05) is 30.3 Å². The lowest BCUT2D eigenvalue weighted by molar-refractivity contribution is 0.0993. The summed E-state index contributed by atoms with van der Waals surface area (Å²) in [4.78, 5) is 16.3. The van der Waals surface area contributed by atoms with E-state index in [9.17, 15) is 4.79 Å². The zero-order valence-electron chi connectivity index (χ0n) is 12.1. The molecule has 0 atom stereocenters. The van der Waals surface area contributed by atoms with Crippen molar-refractivity contribution in [2.24, 2.45) is 0 Å². The van der Waals surface area contributed by atoms with Crippen LogP contribution in [-0.4, -0.2) is 17.9 Å². The maximum Gasteiger partial charge on any atom is 0.212 e. The van der Waals surface area contributed by atoms with E-state index in [-0.39, 0.29) is 5.78 Å². The molecule has 0 amide bonds. The van der Waals surface area contributed by atoms with Gasteiger partial charge in [-0.05, 0) is 17.0 Å². The van der Waals surface area contributed by atoms with Gasteiger partial charge in [-0.25, -0.2) is 4.98 Å². The third-order valence-electron chi connectivity index (χ3n) is 3.27. The van der Waals surface area contributed by atoms with E-state index < -0.39 is 0 Å². The summed E-state index contributed by atoms with van der Waals surface area (Å²) in [5.74, 6) is 1.14. The highest BCUT2D eigenvalue weighted by molar-refractivity contribution is 5.97. The highest BCUT2D eigenvalue weighted by atomic mass is 16.5. The van der Waals surface area contributed by atoms with Crippen LogP contribution in [-0.2, 0) is 6.42 Å². The molecule has 0 aliphatic carbocycles. The Balaban J connectivity index is 2.07. The molecule has 0 aliphatic rings. The van der Waals surface area contributed by atoms with E-state index in [2.05, 4.69) is 18.8 Å². The summed E-state index contributed by atoms with van der Waals surface area (Å²) in [6.45, 7) is 4.28. The molecule has 0 unspecified atom stereocenters. The molecular formula is C17H19NO2. The Hall–Kier alpha value is -2.16. The Morgan fingerprint density at radius 3 is 2.35 bits per heavy atom. The number of ether oxygens (including phenoxy) is 1. The predicted molar refractivity (Wildman–Crippen MR) is 79.4 cm³/mol. The van der Waals surface area contributed by atoms with Crippen LogP contribution in [0, 0.1) is 0 Å². The zero-order chi connectivity index (χ0) is 14.5. The van der Waals surface area contributed by atoms with Crippen molar-refractivity contribution in [1.29, 1.82) is 0 Å². The first kappa shape index (κ1) is 14.3. The van der Waals surface area contributed by atoms with Crippen LogP contribution >= 0.6 is 0 Å². The molecule has 0 fully saturated rings. The highest BCUT2D eigenvalue weighted by Crippen LogP contribution is 2.16. The second-order valence-electron chi connectivity index (χ2n) is 5.09. The average molecular weight is 269 g/mol. The lowest BCUT2D eigenvalue weighted by Gasteiger charge is -2.06. The van der Waals surface area contributed by atoms with Crippen molar-refractivity contribution < 1.29 is 9.53 Å². The van der Waals surface area contributed by atoms with Crippen LogP contribution in [0.25, 0.3) is 0 Å². The Bertz CT molecular complexity index is 571. The van der Waals surface area contributed by atoms with E-state index in [0.717, 1.165) is 11.1 Å². The molecule has 0 radical (unpaired) electrons. The number of pyridine rings is 1. The number of Topliss-reactive ketones (excluding diaryl/α,β-unsaturated/α-hetero) is 1. The standard InChI is InChI=1S/C17H19NO2/c1-12(2)14-5-7-15(8-6-14)16(19)10-13-4-9-17(20-3)18-11-13/h4-9,11-12H,10H2,1-3H3. The lowest BCUT2D eigenvalue weighted by atomic mass is 9.98. The molecule has 1 aromatic carbocycles. The molecule has 2 rings (SSSR count). The van der Waals surface area contributed by atoms with Crippen LogP contribution in [0.2, 0.25) is 0 Å². The molecule has 0 bridgehead atoms. The normalized spacial score (nSPS) is 10.6. The topological polar surface area (TPSA) is 39.2 Å². The van der Waals surface area contributed by atoms with Crippen molar-refractivity contribution in [3.63, 3.8) is 0 Å². The highest BCUT2D eigenvalue weighted by Gasteiger charge is 2.08. The average Bonchev–Trinajstić information content (AvgIpc) is 2.48. The first-order valence-electron chi connectivity index (χ1n) is 6.72. The number of carbonyl (C=O) groups excluding carboxylic acids is 1. The lowest BCUT2D eigenvalue weighted by Crippen LogP contribution is -2.04. The molecular weight excluding hydrogens is 250 g/mol. The number of benzene rings is 1. The fraction of sp³-hybridized carbons (Fsp3) is 0.294. The second-order valence-corrected chi connectivity index (χ2v) is 5.09. The molecule has 1 heterocycles. The van der Waals surface area contributed by atoms with Crippen molar-refractivity contribution >= 4 is 5.78 Å². The number of carbonyl (C=O) groups is 1. The second kappa shape index (κ2) is 6.33. The first-order chi connectivity index (χ1) is 9.60. The quantitative estimate of drug-likeness (QED) is 0.778. The summed E-state index contributed by atoms with van der Waals surface area (Å²) in [6, 6.07) is 11.5. The van der Waals surface area contributed by atoms with E-state index in [4.69, 9.17) is 4.74 Å². The van der Waals surface area contributed by atoms with Gasteiger partial charge in [0.25, 0.3) is 0 Å². The Morgan fingerprint density at radius 2 is 1.85 bits per heavy atom. The summed E-state index contributed by atoms with van der Waals surface area (Å²) < 4.78 is 5.00. The van der Waals surface area contributed by atoms with Crippen molar-refractivity contribution in [2.75, 3.05) is 7.11 Å². The number of hydrogen-bond acceptors (Lipinski definition) is 3. The molecule has 0 spiro atoms. The largest absolute Gasteiger partial charge is 0.481 e. The third kappa shape index (κ3) is 3.44. The van der Waals surface area contributed by atoms with Crippen LogP contribution in [0.1, 0.15) is 41.3 Å². The minimum Gasteiger partial charge on any atom is -0.481 e. The molecule has 0 saturated carbocycles. The summed E-state index contributed by atoms with van der Waals surface area (Å²) in [6.07, 6.45) is 2.04. The number of rotatable bonds is 5. The minimum atomic E-state index is 0.104. The van der Waals surface area contributed by atoms with Gasteiger partial charge in [-0.3, -0.25) is 4.79 Å². The van der Waals surface area contributed by atoms with Gasteiger partial charge in [-0.1, -0.05) is 44.2 Å². The van der Waals surface area contributed by atoms with Gasteiger partial charge in [0.1, 0.15) is 0 Å². The summed E-state index contributed by atoms with van der Waals surface area (Å²) in [5, 5.41) is 0. The summed E-state index contributed by atoms with van der Waals surface area (Å²) >= 11 is 0. The maximum absolute atomic E-state index is 12.2. The van der Waals surface area contributed by atoms with Gasteiger partial charge in [-0.15, -0.1) is 0 Å². The number of methoxy groups -OCH3 is 1. The van der Waals surface area contributed by atoms with Crippen molar-refractivity contribution in [3.05, 3.63) is 59.3 Å². The Morgan fingerprint density at radius 1 is 1.15 bits per heavy atom. The van der Waals surface area contributed by atoms with Gasteiger partial charge in [0.05, 0.1) is 7.11 Å². The number of hydrogen-bond donors (Lipinski definition) is 0. The molecule has 2 aromatic rings. The molecule has 0 saturated heterocycles. The summed E-state index contributed by atoms with van der Waals surface area (Å²) in [7, 11) is 1.57. The SMILES string of the molecule is COc1ccc(CC(=O)c2ccc(C(C)C)cc2)cn1. The van der Waals surface area contributed by atoms with E-state index >= 15 is 0 Å². The fourth-order valence-corrected chi connectivity index (χ4v) is 1.98. The smallest absolute Gasteiger partial charge is 0.212 e.